The molecule has 180 valence electrons. The van der Waals surface area contributed by atoms with Gasteiger partial charge in [0, 0.05) is 6.92 Å². The Kier molecular flexibility index (Phi) is 8.55. The van der Waals surface area contributed by atoms with Gasteiger partial charge in [-0.05, 0) is 12.5 Å². The van der Waals surface area contributed by atoms with Crippen LogP contribution in [-0.2, 0) is 30.3 Å². The van der Waals surface area contributed by atoms with E-state index in [-0.39, 0.29) is 6.61 Å². The number of benzene rings is 1. The Labute approximate surface area is 185 Å². The summed E-state index contributed by atoms with van der Waals surface area (Å²) in [5, 5.41) is 53.3. The van der Waals surface area contributed by atoms with Gasteiger partial charge in [0.1, 0.15) is 42.7 Å². The number of nitrogens with one attached hydrogen (secondary N) is 1. The summed E-state index contributed by atoms with van der Waals surface area (Å²) in [6, 6.07) is 8.15. The van der Waals surface area contributed by atoms with E-state index in [2.05, 4.69) is 5.32 Å². The van der Waals surface area contributed by atoms with Gasteiger partial charge in [-0.15, -0.1) is 0 Å². The molecule has 0 aliphatic carbocycles. The largest absolute Gasteiger partial charge is 0.394 e. The number of aliphatic hydroxyl groups is 5. The Morgan fingerprint density at radius 2 is 1.69 bits per heavy atom. The first-order valence-electron chi connectivity index (χ1n) is 10.4. The molecular weight excluding hydrogens is 426 g/mol. The number of aliphatic hydroxyl groups excluding tert-OH is 5. The maximum atomic E-state index is 11.9. The molecule has 2 aliphatic heterocycles. The van der Waals surface area contributed by atoms with E-state index in [1.54, 1.807) is 0 Å². The second-order valence-corrected chi connectivity index (χ2v) is 8.02. The Morgan fingerprint density at radius 1 is 1.00 bits per heavy atom. The van der Waals surface area contributed by atoms with Crippen molar-refractivity contribution in [2.75, 3.05) is 6.61 Å². The highest BCUT2D eigenvalue weighted by molar-refractivity contribution is 5.73. The van der Waals surface area contributed by atoms with Gasteiger partial charge in [-0.25, -0.2) is 0 Å². The van der Waals surface area contributed by atoms with Crippen LogP contribution in [-0.4, -0.2) is 99.4 Å². The minimum atomic E-state index is -1.62. The van der Waals surface area contributed by atoms with Gasteiger partial charge in [0.15, 0.2) is 12.6 Å². The highest BCUT2D eigenvalue weighted by Gasteiger charge is 2.51. The van der Waals surface area contributed by atoms with Gasteiger partial charge in [-0.3, -0.25) is 4.79 Å². The second kappa shape index (κ2) is 11.0. The summed E-state index contributed by atoms with van der Waals surface area (Å²) in [5.74, 6) is -0.455. The van der Waals surface area contributed by atoms with Crippen LogP contribution in [0.25, 0.3) is 0 Å². The fourth-order valence-electron chi connectivity index (χ4n) is 3.79. The van der Waals surface area contributed by atoms with Gasteiger partial charge >= 0.3 is 0 Å². The van der Waals surface area contributed by atoms with Crippen LogP contribution in [0.4, 0.5) is 0 Å². The van der Waals surface area contributed by atoms with E-state index in [0.29, 0.717) is 0 Å². The van der Waals surface area contributed by atoms with Crippen molar-refractivity contribution in [3.8, 4) is 0 Å². The number of hydrogen-bond donors (Lipinski definition) is 6. The third kappa shape index (κ3) is 5.63. The summed E-state index contributed by atoms with van der Waals surface area (Å²) >= 11 is 0. The maximum Gasteiger partial charge on any atom is 0.217 e. The SMILES string of the molecule is CC(=O)N[C@H]1[C@@H](OCc2ccccc2)O[C@H](CO)[C@H](O)[C@@H]1O[C@H]1O[C@@H](C)[C@@H](O)[C@@H](O)[C@@H]1O. The van der Waals surface area contributed by atoms with Crippen molar-refractivity contribution in [2.45, 2.75) is 81.8 Å². The number of carbonyl (C=O) groups excluding carboxylic acids is 1. The van der Waals surface area contributed by atoms with E-state index >= 15 is 0 Å². The first-order chi connectivity index (χ1) is 15.2. The quantitative estimate of drug-likeness (QED) is 0.269. The van der Waals surface area contributed by atoms with E-state index in [4.69, 9.17) is 18.9 Å². The lowest BCUT2D eigenvalue weighted by Crippen LogP contribution is -2.67. The molecule has 0 unspecified atom stereocenters. The van der Waals surface area contributed by atoms with Crippen LogP contribution in [0.2, 0.25) is 0 Å². The predicted octanol–water partition coefficient (Wildman–Crippen LogP) is -2.00. The van der Waals surface area contributed by atoms with Crippen molar-refractivity contribution in [1.29, 1.82) is 0 Å². The average molecular weight is 457 g/mol. The molecule has 0 radical (unpaired) electrons. The zero-order valence-corrected chi connectivity index (χ0v) is 17.9. The van der Waals surface area contributed by atoms with Crippen LogP contribution < -0.4 is 5.32 Å². The van der Waals surface area contributed by atoms with E-state index in [9.17, 15) is 30.3 Å². The molecule has 6 N–H and O–H groups in total. The fraction of sp³-hybridized carbons (Fsp3) is 0.667. The normalized spacial score (nSPS) is 40.1. The van der Waals surface area contributed by atoms with E-state index in [1.807, 2.05) is 30.3 Å². The molecule has 32 heavy (non-hydrogen) atoms. The summed E-state index contributed by atoms with van der Waals surface area (Å²) in [6.07, 6.45) is -11.7. The van der Waals surface area contributed by atoms with E-state index in [1.165, 1.54) is 13.8 Å². The lowest BCUT2D eigenvalue weighted by molar-refractivity contribution is -0.341. The summed E-state index contributed by atoms with van der Waals surface area (Å²) in [4.78, 5) is 11.9. The molecule has 0 aromatic heterocycles. The van der Waals surface area contributed by atoms with Crippen LogP contribution >= 0.6 is 0 Å². The molecule has 0 saturated carbocycles. The van der Waals surface area contributed by atoms with Gasteiger partial charge in [0.05, 0.1) is 19.3 Å². The fourth-order valence-corrected chi connectivity index (χ4v) is 3.79. The topological polar surface area (TPSA) is 167 Å². The molecule has 0 spiro atoms. The second-order valence-electron chi connectivity index (χ2n) is 8.02. The standard InChI is InChI=1S/C21H31NO10/c1-10-15(25)17(27)18(28)21(30-10)32-19-14(22-11(2)24)20(31-13(8-23)16(19)26)29-9-12-6-4-3-5-7-12/h3-7,10,13-21,23,25-28H,8-9H2,1-2H3,(H,22,24)/t10-,13+,14+,15+,16-,17+,18-,19+,20-,21+/m0/s1. The zero-order chi connectivity index (χ0) is 23.4. The molecule has 2 heterocycles. The van der Waals surface area contributed by atoms with Gasteiger partial charge in [0.25, 0.3) is 0 Å². The van der Waals surface area contributed by atoms with Crippen LogP contribution in [0.1, 0.15) is 19.4 Å². The molecule has 1 aromatic carbocycles. The number of rotatable bonds is 7. The van der Waals surface area contributed by atoms with Crippen molar-refractivity contribution >= 4 is 5.91 Å². The Balaban J connectivity index is 1.81. The zero-order valence-electron chi connectivity index (χ0n) is 17.9. The molecule has 1 amide bonds. The van der Waals surface area contributed by atoms with Crippen molar-refractivity contribution in [3.63, 3.8) is 0 Å². The van der Waals surface area contributed by atoms with Crippen LogP contribution in [0, 0.1) is 0 Å². The van der Waals surface area contributed by atoms with Crippen molar-refractivity contribution < 1.29 is 49.3 Å². The molecule has 2 fully saturated rings. The minimum absolute atomic E-state index is 0.118. The molecule has 3 rings (SSSR count). The minimum Gasteiger partial charge on any atom is -0.394 e. The monoisotopic (exact) mass is 457 g/mol. The van der Waals surface area contributed by atoms with Crippen molar-refractivity contribution in [3.05, 3.63) is 35.9 Å². The Bertz CT molecular complexity index is 737. The summed E-state index contributed by atoms with van der Waals surface area (Å²) < 4.78 is 22.8. The van der Waals surface area contributed by atoms with E-state index in [0.717, 1.165) is 5.56 Å². The van der Waals surface area contributed by atoms with Crippen molar-refractivity contribution in [1.82, 2.24) is 5.32 Å². The first kappa shape index (κ1) is 25.0. The first-order valence-corrected chi connectivity index (χ1v) is 10.4. The number of carbonyl (C=O) groups is 1. The lowest BCUT2D eigenvalue weighted by atomic mass is 9.95. The molecule has 11 nitrogen and oxygen atoms in total. The predicted molar refractivity (Wildman–Crippen MR) is 108 cm³/mol. The Morgan fingerprint density at radius 3 is 2.31 bits per heavy atom. The summed E-state index contributed by atoms with van der Waals surface area (Å²) in [5.41, 5.74) is 0.832. The molecule has 2 saturated heterocycles. The molecule has 0 bridgehead atoms. The van der Waals surface area contributed by atoms with Gasteiger partial charge in [-0.2, -0.15) is 0 Å². The van der Waals surface area contributed by atoms with E-state index < -0.39 is 73.9 Å². The van der Waals surface area contributed by atoms with Crippen LogP contribution in [0.5, 0.6) is 0 Å². The molecule has 11 heteroatoms. The average Bonchev–Trinajstić information content (AvgIpc) is 2.78. The highest BCUT2D eigenvalue weighted by atomic mass is 16.7. The molecule has 2 aliphatic rings. The highest BCUT2D eigenvalue weighted by Crippen LogP contribution is 2.30. The number of amides is 1. The summed E-state index contributed by atoms with van der Waals surface area (Å²) in [6.45, 7) is 2.31. The third-order valence-electron chi connectivity index (χ3n) is 5.58. The Hall–Kier alpha value is -1.67. The molecular formula is C21H31NO10. The van der Waals surface area contributed by atoms with Crippen LogP contribution in [0.3, 0.4) is 0 Å². The van der Waals surface area contributed by atoms with Crippen molar-refractivity contribution in [2.24, 2.45) is 0 Å². The lowest BCUT2D eigenvalue weighted by Gasteiger charge is -2.47. The number of hydrogen-bond acceptors (Lipinski definition) is 10. The molecule has 1 aromatic rings. The summed E-state index contributed by atoms with van der Waals surface area (Å²) in [7, 11) is 0. The smallest absolute Gasteiger partial charge is 0.217 e. The maximum absolute atomic E-state index is 11.9. The van der Waals surface area contributed by atoms with Crippen LogP contribution in [0.15, 0.2) is 30.3 Å². The van der Waals surface area contributed by atoms with Gasteiger partial charge < -0.3 is 49.8 Å². The third-order valence-corrected chi connectivity index (χ3v) is 5.58. The van der Waals surface area contributed by atoms with Gasteiger partial charge in [-0.1, -0.05) is 30.3 Å². The van der Waals surface area contributed by atoms with Gasteiger partial charge in [0.2, 0.25) is 5.91 Å². The number of ether oxygens (including phenoxy) is 4. The molecule has 10 atom stereocenters.